The Balaban J connectivity index is 1.82. The molecule has 0 spiro atoms. The second kappa shape index (κ2) is 11.3. The number of carbonyl (C=O) groups is 2. The fraction of sp³-hybridized carbons (Fsp3) is 0.364. The molecule has 0 bridgehead atoms. The molecular formula is C22H28N2O5S2. The number of rotatable bonds is 10. The molecule has 1 amide bonds. The highest BCUT2D eigenvalue weighted by Crippen LogP contribution is 2.19. The van der Waals surface area contributed by atoms with Crippen LogP contribution in [0.4, 0.5) is 0 Å². The topological polar surface area (TPSA) is 92.8 Å². The van der Waals surface area contributed by atoms with Crippen molar-refractivity contribution in [1.29, 1.82) is 0 Å². The molecule has 0 heterocycles. The molecule has 9 heteroatoms. The van der Waals surface area contributed by atoms with Gasteiger partial charge in [-0.3, -0.25) is 4.79 Å². The van der Waals surface area contributed by atoms with E-state index in [1.54, 1.807) is 25.6 Å². The summed E-state index contributed by atoms with van der Waals surface area (Å²) in [4.78, 5) is 25.3. The zero-order valence-electron chi connectivity index (χ0n) is 18.1. The number of hydrogen-bond donors (Lipinski definition) is 1. The van der Waals surface area contributed by atoms with Gasteiger partial charge in [0.2, 0.25) is 10.0 Å². The molecule has 2 rings (SSSR count). The van der Waals surface area contributed by atoms with Crippen molar-refractivity contribution >= 4 is 33.7 Å². The van der Waals surface area contributed by atoms with Crippen LogP contribution >= 0.6 is 11.8 Å². The maximum absolute atomic E-state index is 12.6. The van der Waals surface area contributed by atoms with Crippen molar-refractivity contribution in [3.05, 3.63) is 59.7 Å². The highest BCUT2D eigenvalue weighted by Gasteiger charge is 2.24. The van der Waals surface area contributed by atoms with E-state index < -0.39 is 28.5 Å². The van der Waals surface area contributed by atoms with Gasteiger partial charge in [-0.2, -0.15) is 4.31 Å². The molecule has 2 aromatic carbocycles. The van der Waals surface area contributed by atoms with E-state index in [0.29, 0.717) is 12.3 Å². The number of nitrogens with zero attached hydrogens (tertiary/aromatic N) is 1. The molecule has 0 aromatic heterocycles. The number of nitrogens with one attached hydrogen (secondary N) is 1. The second-order valence-electron chi connectivity index (χ2n) is 7.23. The van der Waals surface area contributed by atoms with Gasteiger partial charge < -0.3 is 10.1 Å². The van der Waals surface area contributed by atoms with Gasteiger partial charge in [0.1, 0.15) is 0 Å². The molecule has 7 nitrogen and oxygen atoms in total. The van der Waals surface area contributed by atoms with E-state index in [9.17, 15) is 18.0 Å². The van der Waals surface area contributed by atoms with Crippen LogP contribution in [0.25, 0.3) is 0 Å². The molecule has 0 aliphatic heterocycles. The van der Waals surface area contributed by atoms with E-state index >= 15 is 0 Å². The summed E-state index contributed by atoms with van der Waals surface area (Å²) in [5.74, 6) is -0.485. The Morgan fingerprint density at radius 2 is 1.81 bits per heavy atom. The lowest BCUT2D eigenvalue weighted by Gasteiger charge is -2.21. The van der Waals surface area contributed by atoms with Gasteiger partial charge in [-0.1, -0.05) is 23.8 Å². The number of carbonyl (C=O) groups excluding carboxylic acids is 2. The van der Waals surface area contributed by atoms with E-state index in [2.05, 4.69) is 5.32 Å². The molecule has 0 atom stereocenters. The SMILES string of the molecule is Cc1ccc(SCCNC(=O)COC(=O)c2cccc(S(=O)(=O)N(C)C(C)C)c2)cc1. The smallest absolute Gasteiger partial charge is 0.338 e. The Bertz CT molecular complexity index is 1000. The van der Waals surface area contributed by atoms with Crippen molar-refractivity contribution in [1.82, 2.24) is 9.62 Å². The lowest BCUT2D eigenvalue weighted by molar-refractivity contribution is -0.124. The van der Waals surface area contributed by atoms with Crippen LogP contribution in [0.2, 0.25) is 0 Å². The van der Waals surface area contributed by atoms with E-state index in [1.807, 2.05) is 31.2 Å². The number of ether oxygens (including phenoxy) is 1. The third-order valence-electron chi connectivity index (χ3n) is 4.52. The van der Waals surface area contributed by atoms with Crippen LogP contribution in [-0.2, 0) is 19.6 Å². The van der Waals surface area contributed by atoms with Gasteiger partial charge in [-0.05, 0) is 51.1 Å². The Morgan fingerprint density at radius 1 is 1.13 bits per heavy atom. The summed E-state index contributed by atoms with van der Waals surface area (Å²) < 4.78 is 31.4. The van der Waals surface area contributed by atoms with Crippen LogP contribution in [0, 0.1) is 6.92 Å². The van der Waals surface area contributed by atoms with E-state index in [-0.39, 0.29) is 16.5 Å². The standard InChI is InChI=1S/C22H28N2O5S2/c1-16(2)24(4)31(27,28)20-7-5-6-18(14-20)22(26)29-15-21(25)23-12-13-30-19-10-8-17(3)9-11-19/h5-11,14,16H,12-13,15H2,1-4H3,(H,23,25). The zero-order chi connectivity index (χ0) is 23.0. The van der Waals surface area contributed by atoms with Crippen LogP contribution in [-0.4, -0.2) is 56.6 Å². The normalized spacial score (nSPS) is 11.5. The minimum absolute atomic E-state index is 0.00395. The molecule has 2 aromatic rings. The van der Waals surface area contributed by atoms with Crippen LogP contribution in [0.15, 0.2) is 58.3 Å². The Kier molecular flexibility index (Phi) is 9.09. The Morgan fingerprint density at radius 3 is 2.45 bits per heavy atom. The fourth-order valence-corrected chi connectivity index (χ4v) is 4.67. The first-order valence-electron chi connectivity index (χ1n) is 9.82. The fourth-order valence-electron chi connectivity index (χ4n) is 2.49. The number of hydrogen-bond acceptors (Lipinski definition) is 6. The largest absolute Gasteiger partial charge is 0.452 e. The highest BCUT2D eigenvalue weighted by atomic mass is 32.2. The average molecular weight is 465 g/mol. The molecule has 31 heavy (non-hydrogen) atoms. The maximum atomic E-state index is 12.6. The predicted molar refractivity (Wildman–Crippen MR) is 122 cm³/mol. The van der Waals surface area contributed by atoms with Crippen molar-refractivity contribution in [2.75, 3.05) is 26.0 Å². The number of esters is 1. The van der Waals surface area contributed by atoms with E-state index in [1.165, 1.54) is 41.2 Å². The van der Waals surface area contributed by atoms with Gasteiger partial charge in [0.05, 0.1) is 10.5 Å². The van der Waals surface area contributed by atoms with Crippen LogP contribution in [0.3, 0.4) is 0 Å². The lowest BCUT2D eigenvalue weighted by Crippen LogP contribution is -2.33. The Labute approximate surface area is 188 Å². The van der Waals surface area contributed by atoms with Gasteiger partial charge in [-0.15, -0.1) is 11.8 Å². The summed E-state index contributed by atoms with van der Waals surface area (Å²) in [6.07, 6.45) is 0. The molecule has 0 fully saturated rings. The number of amides is 1. The average Bonchev–Trinajstić information content (AvgIpc) is 2.75. The molecule has 0 unspecified atom stereocenters. The summed E-state index contributed by atoms with van der Waals surface area (Å²) in [6, 6.07) is 13.5. The van der Waals surface area contributed by atoms with E-state index in [0.717, 1.165) is 4.90 Å². The summed E-state index contributed by atoms with van der Waals surface area (Å²) in [5.41, 5.74) is 1.26. The second-order valence-corrected chi connectivity index (χ2v) is 10.4. The first kappa shape index (κ1) is 24.9. The van der Waals surface area contributed by atoms with Crippen molar-refractivity contribution in [3.8, 4) is 0 Å². The van der Waals surface area contributed by atoms with Gasteiger partial charge in [0, 0.05) is 30.3 Å². The molecular weight excluding hydrogens is 436 g/mol. The van der Waals surface area contributed by atoms with Gasteiger partial charge in [0.15, 0.2) is 6.61 Å². The van der Waals surface area contributed by atoms with Crippen molar-refractivity contribution in [2.45, 2.75) is 36.6 Å². The summed E-state index contributed by atoms with van der Waals surface area (Å²) >= 11 is 1.62. The minimum atomic E-state index is -3.72. The van der Waals surface area contributed by atoms with Crippen LogP contribution in [0.5, 0.6) is 0 Å². The lowest BCUT2D eigenvalue weighted by atomic mass is 10.2. The van der Waals surface area contributed by atoms with Crippen LogP contribution in [0.1, 0.15) is 29.8 Å². The molecule has 168 valence electrons. The zero-order valence-corrected chi connectivity index (χ0v) is 19.8. The molecule has 0 aliphatic rings. The molecule has 0 saturated heterocycles. The maximum Gasteiger partial charge on any atom is 0.338 e. The van der Waals surface area contributed by atoms with Gasteiger partial charge in [0.25, 0.3) is 5.91 Å². The first-order chi connectivity index (χ1) is 14.6. The van der Waals surface area contributed by atoms with Crippen molar-refractivity contribution < 1.29 is 22.7 Å². The summed E-state index contributed by atoms with van der Waals surface area (Å²) in [7, 11) is -2.24. The number of sulfonamides is 1. The first-order valence-corrected chi connectivity index (χ1v) is 12.2. The number of thioether (sulfide) groups is 1. The monoisotopic (exact) mass is 464 g/mol. The summed E-state index contributed by atoms with van der Waals surface area (Å²) in [5, 5.41) is 2.69. The molecule has 1 N–H and O–H groups in total. The highest BCUT2D eigenvalue weighted by molar-refractivity contribution is 7.99. The van der Waals surface area contributed by atoms with E-state index in [4.69, 9.17) is 4.74 Å². The quantitative estimate of drug-likeness (QED) is 0.330. The molecule has 0 aliphatic carbocycles. The van der Waals surface area contributed by atoms with Crippen LogP contribution < -0.4 is 5.32 Å². The minimum Gasteiger partial charge on any atom is -0.452 e. The Hall–Kier alpha value is -2.36. The third kappa shape index (κ3) is 7.37. The number of benzene rings is 2. The van der Waals surface area contributed by atoms with Gasteiger partial charge >= 0.3 is 5.97 Å². The summed E-state index contributed by atoms with van der Waals surface area (Å²) in [6.45, 7) is 5.54. The molecule has 0 saturated carbocycles. The van der Waals surface area contributed by atoms with Crippen molar-refractivity contribution in [3.63, 3.8) is 0 Å². The predicted octanol–water partition coefficient (Wildman–Crippen LogP) is 3.09. The number of aryl methyl sites for hydroxylation is 1. The molecule has 0 radical (unpaired) electrons. The van der Waals surface area contributed by atoms with Crippen molar-refractivity contribution in [2.24, 2.45) is 0 Å². The van der Waals surface area contributed by atoms with Gasteiger partial charge in [-0.25, -0.2) is 13.2 Å². The third-order valence-corrected chi connectivity index (χ3v) is 7.57.